The zero-order valence-corrected chi connectivity index (χ0v) is 23.3. The highest BCUT2D eigenvalue weighted by Crippen LogP contribution is 2.16. The van der Waals surface area contributed by atoms with E-state index in [0.29, 0.717) is 17.9 Å². The number of nitrogens with one attached hydrogen (secondary N) is 3. The van der Waals surface area contributed by atoms with Crippen LogP contribution in [0.5, 0.6) is 0 Å². The van der Waals surface area contributed by atoms with Gasteiger partial charge in [0.25, 0.3) is 5.91 Å². The molecule has 42 heavy (non-hydrogen) atoms. The highest BCUT2D eigenvalue weighted by molar-refractivity contribution is 7.89. The molecule has 0 atom stereocenters. The number of carbonyl (C=O) groups excluding carboxylic acids is 3. The molecule has 1 aromatic heterocycles. The van der Waals surface area contributed by atoms with E-state index in [1.807, 2.05) is 30.3 Å². The molecule has 0 saturated carbocycles. The molecule has 12 heteroatoms. The first-order chi connectivity index (χ1) is 20.3. The quantitative estimate of drug-likeness (QED) is 0.132. The number of amides is 3. The van der Waals surface area contributed by atoms with Crippen LogP contribution in [0.25, 0.3) is 0 Å². The van der Waals surface area contributed by atoms with Gasteiger partial charge >= 0.3 is 11.8 Å². The molecule has 0 bridgehead atoms. The fraction of sp³-hybridized carbons (Fsp3) is 0.133. The molecule has 3 aromatic carbocycles. The van der Waals surface area contributed by atoms with Gasteiger partial charge in [-0.2, -0.15) is 9.41 Å². The summed E-state index contributed by atoms with van der Waals surface area (Å²) in [6, 6.07) is 29.0. The molecule has 0 aliphatic carbocycles. The van der Waals surface area contributed by atoms with Crippen molar-refractivity contribution in [2.24, 2.45) is 5.10 Å². The van der Waals surface area contributed by atoms with Crippen molar-refractivity contribution in [3.8, 4) is 0 Å². The van der Waals surface area contributed by atoms with Crippen LogP contribution in [0.15, 0.2) is 118 Å². The molecule has 4 aromatic rings. The van der Waals surface area contributed by atoms with Crippen LogP contribution in [0.2, 0.25) is 0 Å². The lowest BCUT2D eigenvalue weighted by molar-refractivity contribution is -0.136. The summed E-state index contributed by atoms with van der Waals surface area (Å²) < 4.78 is 33.2. The third kappa shape index (κ3) is 8.71. The molecule has 0 spiro atoms. The lowest BCUT2D eigenvalue weighted by Gasteiger charge is -2.21. The second-order valence-corrected chi connectivity index (χ2v) is 10.9. The number of furan rings is 1. The van der Waals surface area contributed by atoms with Crippen LogP contribution < -0.4 is 16.1 Å². The maximum atomic E-state index is 13.3. The Morgan fingerprint density at radius 2 is 1.45 bits per heavy atom. The summed E-state index contributed by atoms with van der Waals surface area (Å²) in [5, 5.41) is 8.80. The van der Waals surface area contributed by atoms with Gasteiger partial charge in [0.15, 0.2) is 0 Å². The normalized spacial score (nSPS) is 11.4. The second kappa shape index (κ2) is 14.5. The van der Waals surface area contributed by atoms with E-state index in [1.165, 1.54) is 18.3 Å². The monoisotopic (exact) mass is 587 g/mol. The van der Waals surface area contributed by atoms with Crippen molar-refractivity contribution in [1.29, 1.82) is 0 Å². The lowest BCUT2D eigenvalue weighted by atomic mass is 10.1. The van der Waals surface area contributed by atoms with Gasteiger partial charge in [0.2, 0.25) is 10.0 Å². The Hall–Kier alpha value is -5.07. The van der Waals surface area contributed by atoms with E-state index in [1.54, 1.807) is 60.7 Å². The number of hydrogen-bond donors (Lipinski definition) is 3. The Morgan fingerprint density at radius 3 is 2.14 bits per heavy atom. The van der Waals surface area contributed by atoms with Gasteiger partial charge in [0.05, 0.1) is 24.2 Å². The third-order valence-electron chi connectivity index (χ3n) is 5.92. The van der Waals surface area contributed by atoms with Crippen LogP contribution >= 0.6 is 0 Å². The minimum Gasteiger partial charge on any atom is -0.458 e. The zero-order valence-electron chi connectivity index (χ0n) is 22.5. The standard InChI is InChI=1S/C30H29N5O6S/c36-28(22-35(19-18-23-10-4-1-5-11-23)42(39,40)27-14-8-3-9-15-27)34-32-21-26-17-16-25(41-26)20-31-29(37)30(38)33-24-12-6-2-7-13-24/h1-17,21H,18-20,22H2,(H,31,37)(H,33,38)(H,34,36)/b32-21-. The van der Waals surface area contributed by atoms with Crippen LogP contribution in [-0.4, -0.2) is 49.7 Å². The van der Waals surface area contributed by atoms with E-state index in [0.717, 1.165) is 9.87 Å². The molecule has 216 valence electrons. The van der Waals surface area contributed by atoms with Crippen molar-refractivity contribution in [1.82, 2.24) is 15.0 Å². The van der Waals surface area contributed by atoms with Crippen molar-refractivity contribution in [2.75, 3.05) is 18.4 Å². The average molecular weight is 588 g/mol. The first kappa shape index (κ1) is 29.9. The predicted molar refractivity (Wildman–Crippen MR) is 157 cm³/mol. The molecule has 0 saturated heterocycles. The summed E-state index contributed by atoms with van der Waals surface area (Å²) in [6.07, 6.45) is 1.66. The van der Waals surface area contributed by atoms with Crippen molar-refractivity contribution in [3.05, 3.63) is 120 Å². The third-order valence-corrected chi connectivity index (χ3v) is 7.78. The Kier molecular flexibility index (Phi) is 10.3. The average Bonchev–Trinajstić information content (AvgIpc) is 3.47. The fourth-order valence-electron chi connectivity index (χ4n) is 3.80. The van der Waals surface area contributed by atoms with Gasteiger partial charge in [-0.1, -0.05) is 66.7 Å². The zero-order chi connectivity index (χ0) is 29.8. The number of para-hydroxylation sites is 1. The molecular weight excluding hydrogens is 558 g/mol. The highest BCUT2D eigenvalue weighted by Gasteiger charge is 2.26. The Bertz CT molecular complexity index is 1620. The van der Waals surface area contributed by atoms with Crippen LogP contribution in [0, 0.1) is 0 Å². The number of anilines is 1. The topological polar surface area (TPSA) is 150 Å². The highest BCUT2D eigenvalue weighted by atomic mass is 32.2. The van der Waals surface area contributed by atoms with Gasteiger partial charge in [0.1, 0.15) is 11.5 Å². The maximum absolute atomic E-state index is 13.3. The largest absolute Gasteiger partial charge is 0.458 e. The van der Waals surface area contributed by atoms with Crippen LogP contribution in [0.3, 0.4) is 0 Å². The van der Waals surface area contributed by atoms with E-state index in [-0.39, 0.29) is 23.7 Å². The number of nitrogens with zero attached hydrogens (tertiary/aromatic N) is 2. The van der Waals surface area contributed by atoms with Gasteiger partial charge in [0, 0.05) is 12.2 Å². The fourth-order valence-corrected chi connectivity index (χ4v) is 5.22. The molecule has 3 amide bonds. The van der Waals surface area contributed by atoms with E-state index < -0.39 is 34.3 Å². The first-order valence-corrected chi connectivity index (χ1v) is 14.4. The van der Waals surface area contributed by atoms with E-state index in [4.69, 9.17) is 4.42 Å². The molecule has 0 unspecified atom stereocenters. The molecule has 0 aliphatic heterocycles. The van der Waals surface area contributed by atoms with E-state index in [2.05, 4.69) is 21.2 Å². The van der Waals surface area contributed by atoms with Crippen molar-refractivity contribution >= 4 is 39.6 Å². The van der Waals surface area contributed by atoms with Crippen LogP contribution in [0.4, 0.5) is 5.69 Å². The van der Waals surface area contributed by atoms with E-state index in [9.17, 15) is 22.8 Å². The minimum atomic E-state index is -3.94. The minimum absolute atomic E-state index is 0.0467. The Morgan fingerprint density at radius 1 is 0.810 bits per heavy atom. The van der Waals surface area contributed by atoms with Gasteiger partial charge in [-0.3, -0.25) is 14.4 Å². The molecule has 0 fully saturated rings. The number of hydrazone groups is 1. The Labute approximate surface area is 243 Å². The second-order valence-electron chi connectivity index (χ2n) is 8.99. The number of hydrogen-bond acceptors (Lipinski definition) is 7. The predicted octanol–water partition coefficient (Wildman–Crippen LogP) is 2.92. The molecule has 0 aliphatic rings. The summed E-state index contributed by atoms with van der Waals surface area (Å²) in [7, 11) is -3.94. The molecule has 3 N–H and O–H groups in total. The van der Waals surface area contributed by atoms with Crippen LogP contribution in [0.1, 0.15) is 17.1 Å². The van der Waals surface area contributed by atoms with Crippen molar-refractivity contribution in [2.45, 2.75) is 17.9 Å². The first-order valence-electron chi connectivity index (χ1n) is 13.0. The summed E-state index contributed by atoms with van der Waals surface area (Å²) in [5.41, 5.74) is 3.75. The van der Waals surface area contributed by atoms with Gasteiger partial charge in [-0.25, -0.2) is 13.8 Å². The van der Waals surface area contributed by atoms with Crippen molar-refractivity contribution < 1.29 is 27.2 Å². The maximum Gasteiger partial charge on any atom is 0.313 e. The van der Waals surface area contributed by atoms with E-state index >= 15 is 0 Å². The lowest BCUT2D eigenvalue weighted by Crippen LogP contribution is -2.40. The number of carbonyl (C=O) groups is 3. The van der Waals surface area contributed by atoms with Gasteiger partial charge in [-0.15, -0.1) is 0 Å². The Balaban J connectivity index is 1.30. The number of sulfonamides is 1. The summed E-state index contributed by atoms with van der Waals surface area (Å²) in [6.45, 7) is -0.397. The molecule has 11 nitrogen and oxygen atoms in total. The number of rotatable bonds is 12. The SMILES string of the molecule is O=C(CN(CCc1ccccc1)S(=O)(=O)c1ccccc1)N/N=C\c1ccc(CNC(=O)C(=O)Nc2ccccc2)o1. The smallest absolute Gasteiger partial charge is 0.313 e. The molecular formula is C30H29N5O6S. The molecule has 4 rings (SSSR count). The number of benzene rings is 3. The van der Waals surface area contributed by atoms with Crippen LogP contribution in [-0.2, 0) is 37.4 Å². The molecule has 0 radical (unpaired) electrons. The van der Waals surface area contributed by atoms with Gasteiger partial charge in [-0.05, 0) is 48.4 Å². The summed E-state index contributed by atoms with van der Waals surface area (Å²) in [4.78, 5) is 36.8. The van der Waals surface area contributed by atoms with Gasteiger partial charge < -0.3 is 15.1 Å². The molecule has 1 heterocycles. The summed E-state index contributed by atoms with van der Waals surface area (Å²) in [5.74, 6) is -1.66. The van der Waals surface area contributed by atoms with Crippen molar-refractivity contribution in [3.63, 3.8) is 0 Å². The summed E-state index contributed by atoms with van der Waals surface area (Å²) >= 11 is 0.